The summed E-state index contributed by atoms with van der Waals surface area (Å²) < 4.78 is 36.3. The van der Waals surface area contributed by atoms with Gasteiger partial charge in [0.15, 0.2) is 11.5 Å². The number of ether oxygens (including phenoxy) is 2. The Hall–Kier alpha value is -6.54. The van der Waals surface area contributed by atoms with Crippen LogP contribution >= 0.6 is 0 Å². The first-order valence-corrected chi connectivity index (χ1v) is 23.1. The molecule has 16 nitrogen and oxygen atoms in total. The predicted molar refractivity (Wildman–Crippen MR) is 229 cm³/mol. The van der Waals surface area contributed by atoms with E-state index in [1.54, 1.807) is 42.2 Å². The summed E-state index contributed by atoms with van der Waals surface area (Å²) in [4.78, 5) is 95.6. The number of rotatable bonds is 14. The number of fused-ring (bicyclic) bond motifs is 2. The highest BCUT2D eigenvalue weighted by atomic mass is 32.2. The van der Waals surface area contributed by atoms with Gasteiger partial charge in [-0.05, 0) is 86.6 Å². The maximum Gasteiger partial charge on any atom is 0.264 e. The Morgan fingerprint density at radius 1 is 0.905 bits per heavy atom. The lowest BCUT2D eigenvalue weighted by molar-refractivity contribution is -0.137. The van der Waals surface area contributed by atoms with Gasteiger partial charge >= 0.3 is 0 Å². The van der Waals surface area contributed by atoms with Crippen molar-refractivity contribution in [3.05, 3.63) is 88.0 Å². The van der Waals surface area contributed by atoms with E-state index in [1.807, 2.05) is 6.07 Å². The smallest absolute Gasteiger partial charge is 0.264 e. The number of methoxy groups -OCH3 is 1. The number of hydrogen-bond donors (Lipinski definition) is 2. The van der Waals surface area contributed by atoms with E-state index in [1.165, 1.54) is 30.2 Å². The third kappa shape index (κ3) is 9.76. The van der Waals surface area contributed by atoms with Crippen molar-refractivity contribution in [2.75, 3.05) is 44.1 Å². The minimum absolute atomic E-state index is 0.0197. The molecule has 7 amide bonds. The molecular weight excluding hydrogens is 831 g/mol. The molecule has 3 aromatic carbocycles. The zero-order chi connectivity index (χ0) is 45.0. The molecule has 2 saturated heterocycles. The van der Waals surface area contributed by atoms with Crippen molar-refractivity contribution in [1.29, 1.82) is 0 Å². The molecular formula is C46H49N5O11S. The summed E-state index contributed by atoms with van der Waals surface area (Å²) in [6.07, 6.45) is 4.01. The Morgan fingerprint density at radius 3 is 2.35 bits per heavy atom. The van der Waals surface area contributed by atoms with Crippen molar-refractivity contribution in [3.8, 4) is 23.3 Å². The average molecular weight is 880 g/mol. The van der Waals surface area contributed by atoms with Crippen LogP contribution in [0.25, 0.3) is 0 Å². The van der Waals surface area contributed by atoms with E-state index < -0.39 is 51.3 Å². The van der Waals surface area contributed by atoms with Crippen molar-refractivity contribution < 1.29 is 51.5 Å². The van der Waals surface area contributed by atoms with Gasteiger partial charge < -0.3 is 24.6 Å². The standard InChI is InChI=1S/C46H49N5O11S/c1-4-62-38-25-30(17-19-37(38)61-2)36(27-63(3,59)60)51-45(57)32-11-8-12-34(42(32)46(51)58)47-39(52)13-5-6-14-41(54)49-23-21-28(22-24-49)15-16-29-9-7-10-31-33(29)26-50(44(31)56)35-18-20-40(53)48-43(35)55/h7-12,17,19,25,28,35-36H,4-6,13-14,18,20-24,26-27H2,1-3H3,(H,47,52)(H,48,53,55). The second kappa shape index (κ2) is 18.8. The van der Waals surface area contributed by atoms with E-state index in [2.05, 4.69) is 22.5 Å². The van der Waals surface area contributed by atoms with E-state index in [9.17, 15) is 42.0 Å². The van der Waals surface area contributed by atoms with Gasteiger partial charge in [-0.1, -0.05) is 30.0 Å². The fraction of sp³-hybridized carbons (Fsp3) is 0.413. The van der Waals surface area contributed by atoms with E-state index in [4.69, 9.17) is 9.47 Å². The van der Waals surface area contributed by atoms with Gasteiger partial charge in [0.05, 0.1) is 42.3 Å². The maximum absolute atomic E-state index is 14.0. The molecule has 2 atom stereocenters. The molecule has 2 fully saturated rings. The van der Waals surface area contributed by atoms with Crippen molar-refractivity contribution >= 4 is 56.9 Å². The highest BCUT2D eigenvalue weighted by molar-refractivity contribution is 7.90. The van der Waals surface area contributed by atoms with Gasteiger partial charge in [-0.15, -0.1) is 0 Å². The Balaban J connectivity index is 0.898. The summed E-state index contributed by atoms with van der Waals surface area (Å²) >= 11 is 0. The van der Waals surface area contributed by atoms with E-state index in [0.29, 0.717) is 68.0 Å². The summed E-state index contributed by atoms with van der Waals surface area (Å²) in [5, 5.41) is 5.07. The van der Waals surface area contributed by atoms with Gasteiger partial charge in [-0.2, -0.15) is 0 Å². The van der Waals surface area contributed by atoms with Gasteiger partial charge in [0.25, 0.3) is 17.7 Å². The molecule has 0 aromatic heterocycles. The Labute approximate surface area is 365 Å². The molecule has 0 radical (unpaired) electrons. The SMILES string of the molecule is CCOc1cc(C(CS(C)(=O)=O)N2C(=O)c3cccc(NC(=O)CCCCC(=O)N4CCC(C#Cc5cccc6c5CN(C5CCC(=O)NC5=O)C6=O)CC4)c3C2=O)ccc1OC. The lowest BCUT2D eigenvalue weighted by atomic mass is 9.95. The second-order valence-corrected chi connectivity index (χ2v) is 18.3. The highest BCUT2D eigenvalue weighted by Gasteiger charge is 2.44. The first-order chi connectivity index (χ1) is 30.2. The third-order valence-corrected chi connectivity index (χ3v) is 12.7. The number of amides is 7. The predicted octanol–water partition coefficient (Wildman–Crippen LogP) is 4.03. The number of piperidine rings is 2. The van der Waals surface area contributed by atoms with Crippen molar-refractivity contribution in [1.82, 2.24) is 20.0 Å². The van der Waals surface area contributed by atoms with Gasteiger partial charge in [-0.3, -0.25) is 43.8 Å². The van der Waals surface area contributed by atoms with Gasteiger partial charge in [0.1, 0.15) is 15.9 Å². The zero-order valence-electron chi connectivity index (χ0n) is 35.4. The van der Waals surface area contributed by atoms with Gasteiger partial charge in [0.2, 0.25) is 23.6 Å². The van der Waals surface area contributed by atoms with Crippen LogP contribution in [0.15, 0.2) is 54.6 Å². The number of unbranched alkanes of at least 4 members (excludes halogenated alkanes) is 1. The van der Waals surface area contributed by atoms with Crippen LogP contribution in [0.1, 0.15) is 112 Å². The van der Waals surface area contributed by atoms with Crippen LogP contribution in [0.3, 0.4) is 0 Å². The fourth-order valence-corrected chi connectivity index (χ4v) is 9.47. The summed E-state index contributed by atoms with van der Waals surface area (Å²) in [6.45, 7) is 3.38. The average Bonchev–Trinajstić information content (AvgIpc) is 3.72. The third-order valence-electron chi connectivity index (χ3n) is 11.8. The number of imide groups is 2. The summed E-state index contributed by atoms with van der Waals surface area (Å²) in [5.41, 5.74) is 2.47. The minimum Gasteiger partial charge on any atom is -0.493 e. The molecule has 0 aliphatic carbocycles. The van der Waals surface area contributed by atoms with Crippen molar-refractivity contribution in [3.63, 3.8) is 0 Å². The topological polar surface area (TPSA) is 206 Å². The molecule has 2 unspecified atom stereocenters. The molecule has 63 heavy (non-hydrogen) atoms. The Bertz CT molecular complexity index is 2560. The Kier molecular flexibility index (Phi) is 13.3. The molecule has 7 rings (SSSR count). The minimum atomic E-state index is -3.71. The number of carbonyl (C=O) groups is 7. The highest BCUT2D eigenvalue weighted by Crippen LogP contribution is 2.39. The van der Waals surface area contributed by atoms with Crippen LogP contribution in [0.2, 0.25) is 0 Å². The molecule has 0 bridgehead atoms. The second-order valence-electron chi connectivity index (χ2n) is 16.1. The van der Waals surface area contributed by atoms with Gasteiger partial charge in [0, 0.05) is 62.2 Å². The lowest BCUT2D eigenvalue weighted by Crippen LogP contribution is -2.52. The van der Waals surface area contributed by atoms with E-state index in [-0.39, 0.29) is 72.7 Å². The number of anilines is 1. The number of benzene rings is 3. The van der Waals surface area contributed by atoms with Crippen LogP contribution < -0.4 is 20.1 Å². The van der Waals surface area contributed by atoms with Crippen LogP contribution in [-0.4, -0.2) is 109 Å². The maximum atomic E-state index is 14.0. The van der Waals surface area contributed by atoms with Gasteiger partial charge in [-0.25, -0.2) is 8.42 Å². The van der Waals surface area contributed by atoms with Crippen molar-refractivity contribution in [2.45, 2.75) is 76.9 Å². The number of sulfone groups is 1. The molecule has 4 aliphatic rings. The lowest BCUT2D eigenvalue weighted by Gasteiger charge is -2.30. The molecule has 17 heteroatoms. The molecule has 330 valence electrons. The number of likely N-dealkylation sites (tertiary alicyclic amines) is 1. The molecule has 3 aromatic rings. The number of hydrogen-bond acceptors (Lipinski definition) is 11. The van der Waals surface area contributed by atoms with E-state index >= 15 is 0 Å². The van der Waals surface area contributed by atoms with Crippen LogP contribution in [-0.2, 0) is 35.6 Å². The van der Waals surface area contributed by atoms with Crippen LogP contribution in [0.5, 0.6) is 11.5 Å². The van der Waals surface area contributed by atoms with Crippen molar-refractivity contribution in [2.24, 2.45) is 5.92 Å². The largest absolute Gasteiger partial charge is 0.493 e. The first kappa shape index (κ1) is 44.5. The Morgan fingerprint density at radius 2 is 1.63 bits per heavy atom. The molecule has 0 saturated carbocycles. The zero-order valence-corrected chi connectivity index (χ0v) is 36.2. The normalized spacial score (nSPS) is 18.0. The van der Waals surface area contributed by atoms with Crippen LogP contribution in [0, 0.1) is 17.8 Å². The van der Waals surface area contributed by atoms with E-state index in [0.717, 1.165) is 22.3 Å². The number of nitrogens with zero attached hydrogens (tertiary/aromatic N) is 3. The van der Waals surface area contributed by atoms with Crippen LogP contribution in [0.4, 0.5) is 5.69 Å². The number of nitrogens with one attached hydrogen (secondary N) is 2. The summed E-state index contributed by atoms with van der Waals surface area (Å²) in [5.74, 6) is 3.88. The first-order valence-electron chi connectivity index (χ1n) is 21.0. The molecule has 2 N–H and O–H groups in total. The molecule has 4 aliphatic heterocycles. The molecule has 4 heterocycles. The fourth-order valence-electron chi connectivity index (χ4n) is 8.55. The number of carbonyl (C=O) groups excluding carboxylic acids is 7. The summed E-state index contributed by atoms with van der Waals surface area (Å²) in [7, 11) is -2.25. The quantitative estimate of drug-likeness (QED) is 0.134. The monoisotopic (exact) mass is 879 g/mol. The molecule has 0 spiro atoms. The summed E-state index contributed by atoms with van der Waals surface area (Å²) in [6, 6.07) is 12.7.